The van der Waals surface area contributed by atoms with Crippen LogP contribution >= 0.6 is 35.2 Å². The summed E-state index contributed by atoms with van der Waals surface area (Å²) in [7, 11) is -2.98. The zero-order valence-corrected chi connectivity index (χ0v) is 16.1. The summed E-state index contributed by atoms with van der Waals surface area (Å²) in [6.07, 6.45) is 0.547. The monoisotopic (exact) mass is 401 g/mol. The number of benzene rings is 1. The van der Waals surface area contributed by atoms with Crippen molar-refractivity contribution >= 4 is 55.2 Å². The van der Waals surface area contributed by atoms with Gasteiger partial charge in [-0.1, -0.05) is 23.7 Å². The Labute approximate surface area is 155 Å². The van der Waals surface area contributed by atoms with Gasteiger partial charge in [0.1, 0.15) is 0 Å². The molecule has 128 valence electrons. The molecular weight excluding hydrogens is 386 g/mol. The van der Waals surface area contributed by atoms with Crippen LogP contribution in [-0.2, 0) is 9.84 Å². The third-order valence-electron chi connectivity index (χ3n) is 3.78. The summed E-state index contributed by atoms with van der Waals surface area (Å²) in [5.74, 6) is 0.285. The molecule has 1 aromatic heterocycles. The third kappa shape index (κ3) is 4.24. The van der Waals surface area contributed by atoms with Crippen LogP contribution in [0.4, 0.5) is 5.13 Å². The molecule has 3 rings (SSSR count). The van der Waals surface area contributed by atoms with Crippen LogP contribution in [0.5, 0.6) is 0 Å². The molecule has 2 N–H and O–H groups in total. The van der Waals surface area contributed by atoms with Crippen molar-refractivity contribution in [3.63, 3.8) is 0 Å². The van der Waals surface area contributed by atoms with Gasteiger partial charge in [0.25, 0.3) is 0 Å². The number of anilines is 1. The first-order chi connectivity index (χ1) is 11.2. The second kappa shape index (κ2) is 6.59. The molecule has 0 saturated carbocycles. The van der Waals surface area contributed by atoms with Crippen molar-refractivity contribution in [2.75, 3.05) is 16.8 Å². The molecule has 1 atom stereocenters. The van der Waals surface area contributed by atoms with E-state index in [0.717, 1.165) is 11.3 Å². The molecule has 1 aliphatic heterocycles. The van der Waals surface area contributed by atoms with Crippen LogP contribution in [0.25, 0.3) is 11.3 Å². The largest absolute Gasteiger partial charge is 0.356 e. The molecule has 24 heavy (non-hydrogen) atoms. The van der Waals surface area contributed by atoms with Gasteiger partial charge in [-0.15, -0.1) is 11.3 Å². The Kier molecular flexibility index (Phi) is 4.83. The molecule has 1 aliphatic rings. The molecule has 0 radical (unpaired) electrons. The second-order valence-corrected chi connectivity index (χ2v) is 9.91. The lowest BCUT2D eigenvalue weighted by Crippen LogP contribution is -2.48. The van der Waals surface area contributed by atoms with Gasteiger partial charge in [0, 0.05) is 16.0 Å². The Morgan fingerprint density at radius 2 is 2.08 bits per heavy atom. The Morgan fingerprint density at radius 3 is 2.71 bits per heavy atom. The number of rotatable bonds is 3. The second-order valence-electron chi connectivity index (χ2n) is 6.03. The first-order valence-electron chi connectivity index (χ1n) is 7.26. The lowest BCUT2D eigenvalue weighted by atomic mass is 10.0. The standard InChI is InChI=1S/C15H16ClN3O2S3/c1-15(6-7-24(20,21)9-15)19-13(22)18-14-17-12(8-23-14)10-2-4-11(16)5-3-10/h2-5,8H,6-7,9H2,1H3,(H2,17,18,19,22)/t15-/m0/s1. The smallest absolute Gasteiger partial charge is 0.189 e. The number of aromatic nitrogens is 1. The minimum absolute atomic E-state index is 0.0930. The molecule has 2 aromatic rings. The Bertz CT molecular complexity index is 864. The van der Waals surface area contributed by atoms with Gasteiger partial charge in [0.2, 0.25) is 0 Å². The maximum absolute atomic E-state index is 11.6. The minimum Gasteiger partial charge on any atom is -0.356 e. The molecule has 0 aliphatic carbocycles. The van der Waals surface area contributed by atoms with E-state index in [1.807, 2.05) is 36.6 Å². The highest BCUT2D eigenvalue weighted by Gasteiger charge is 2.38. The molecule has 1 saturated heterocycles. The molecule has 2 heterocycles. The first kappa shape index (κ1) is 17.6. The van der Waals surface area contributed by atoms with Crippen LogP contribution in [0, 0.1) is 0 Å². The highest BCUT2D eigenvalue weighted by Crippen LogP contribution is 2.27. The van der Waals surface area contributed by atoms with Crippen LogP contribution in [0.1, 0.15) is 13.3 Å². The fourth-order valence-electron chi connectivity index (χ4n) is 2.60. The summed E-state index contributed by atoms with van der Waals surface area (Å²) in [5.41, 5.74) is 1.27. The van der Waals surface area contributed by atoms with Gasteiger partial charge in [-0.3, -0.25) is 0 Å². The molecule has 0 bridgehead atoms. The van der Waals surface area contributed by atoms with Crippen LogP contribution in [0.3, 0.4) is 0 Å². The molecule has 0 spiro atoms. The van der Waals surface area contributed by atoms with E-state index in [1.165, 1.54) is 11.3 Å². The van der Waals surface area contributed by atoms with Gasteiger partial charge >= 0.3 is 0 Å². The van der Waals surface area contributed by atoms with E-state index >= 15 is 0 Å². The summed E-state index contributed by atoms with van der Waals surface area (Å²) < 4.78 is 23.3. The quantitative estimate of drug-likeness (QED) is 0.768. The number of hydrogen-bond donors (Lipinski definition) is 2. The normalized spacial score (nSPS) is 22.2. The number of nitrogens with one attached hydrogen (secondary N) is 2. The molecule has 1 aromatic carbocycles. The fourth-order valence-corrected chi connectivity index (χ4v) is 5.95. The van der Waals surface area contributed by atoms with Crippen LogP contribution in [0.15, 0.2) is 29.6 Å². The summed E-state index contributed by atoms with van der Waals surface area (Å²) in [6.45, 7) is 1.87. The SMILES string of the molecule is C[C@]1(NC(=S)Nc2nc(-c3ccc(Cl)cc3)cs2)CCS(=O)(=O)C1. The molecule has 9 heteroatoms. The van der Waals surface area contributed by atoms with Gasteiger partial charge in [0.15, 0.2) is 20.1 Å². The maximum atomic E-state index is 11.6. The summed E-state index contributed by atoms with van der Waals surface area (Å²) >= 11 is 12.6. The van der Waals surface area contributed by atoms with E-state index in [4.69, 9.17) is 23.8 Å². The van der Waals surface area contributed by atoms with E-state index in [1.54, 1.807) is 0 Å². The van der Waals surface area contributed by atoms with Gasteiger partial charge in [-0.05, 0) is 37.7 Å². The Hall–Kier alpha value is -1.22. The fraction of sp³-hybridized carbons (Fsp3) is 0.333. The summed E-state index contributed by atoms with van der Waals surface area (Å²) in [5, 5.41) is 9.78. The third-order valence-corrected chi connectivity index (χ3v) is 6.90. The van der Waals surface area contributed by atoms with E-state index in [2.05, 4.69) is 15.6 Å². The van der Waals surface area contributed by atoms with Crippen LogP contribution in [0.2, 0.25) is 5.02 Å². The van der Waals surface area contributed by atoms with Crippen LogP contribution < -0.4 is 10.6 Å². The minimum atomic E-state index is -2.98. The lowest BCUT2D eigenvalue weighted by molar-refractivity contribution is 0.474. The number of hydrogen-bond acceptors (Lipinski definition) is 5. The van der Waals surface area contributed by atoms with Gasteiger partial charge in [-0.25, -0.2) is 13.4 Å². The van der Waals surface area contributed by atoms with E-state index < -0.39 is 15.4 Å². The van der Waals surface area contributed by atoms with Crippen molar-refractivity contribution in [1.82, 2.24) is 10.3 Å². The van der Waals surface area contributed by atoms with Gasteiger partial charge < -0.3 is 10.6 Å². The number of sulfone groups is 1. The number of halogens is 1. The van der Waals surface area contributed by atoms with Crippen LogP contribution in [-0.4, -0.2) is 35.6 Å². The highest BCUT2D eigenvalue weighted by molar-refractivity contribution is 7.91. The first-order valence-corrected chi connectivity index (χ1v) is 10.7. The Balaban J connectivity index is 1.64. The zero-order chi connectivity index (χ0) is 17.4. The zero-order valence-electron chi connectivity index (χ0n) is 12.9. The van der Waals surface area contributed by atoms with Crippen molar-refractivity contribution < 1.29 is 8.42 Å². The van der Waals surface area contributed by atoms with Crippen molar-refractivity contribution in [1.29, 1.82) is 0 Å². The molecule has 0 amide bonds. The lowest BCUT2D eigenvalue weighted by Gasteiger charge is -2.25. The van der Waals surface area contributed by atoms with Crippen molar-refractivity contribution in [2.45, 2.75) is 18.9 Å². The molecule has 1 fully saturated rings. The van der Waals surface area contributed by atoms with E-state index in [-0.39, 0.29) is 11.5 Å². The summed E-state index contributed by atoms with van der Waals surface area (Å²) in [6, 6.07) is 7.44. The average molecular weight is 402 g/mol. The predicted octanol–water partition coefficient (Wildman–Crippen LogP) is 3.33. The molecule has 5 nitrogen and oxygen atoms in total. The average Bonchev–Trinajstić information content (AvgIpc) is 3.04. The summed E-state index contributed by atoms with van der Waals surface area (Å²) in [4.78, 5) is 4.49. The number of thiocarbonyl (C=S) groups is 1. The van der Waals surface area contributed by atoms with Crippen molar-refractivity contribution in [3.8, 4) is 11.3 Å². The molecule has 0 unspecified atom stereocenters. The predicted molar refractivity (Wildman–Crippen MR) is 104 cm³/mol. The van der Waals surface area contributed by atoms with Crippen molar-refractivity contribution in [3.05, 3.63) is 34.7 Å². The maximum Gasteiger partial charge on any atom is 0.189 e. The topological polar surface area (TPSA) is 71.1 Å². The Morgan fingerprint density at radius 1 is 1.38 bits per heavy atom. The van der Waals surface area contributed by atoms with Gasteiger partial charge in [-0.2, -0.15) is 0 Å². The highest BCUT2D eigenvalue weighted by atomic mass is 35.5. The number of nitrogens with zero attached hydrogens (tertiary/aromatic N) is 1. The van der Waals surface area contributed by atoms with E-state index in [9.17, 15) is 8.42 Å². The number of thiazole rings is 1. The van der Waals surface area contributed by atoms with E-state index in [0.29, 0.717) is 21.7 Å². The van der Waals surface area contributed by atoms with Crippen molar-refractivity contribution in [2.24, 2.45) is 0 Å². The molecular formula is C15H16ClN3O2S3. The van der Waals surface area contributed by atoms with Gasteiger partial charge in [0.05, 0.1) is 22.7 Å².